The quantitative estimate of drug-likeness (QED) is 0.879. The third-order valence-electron chi connectivity index (χ3n) is 4.70. The minimum atomic E-state index is 0.449. The van der Waals surface area contributed by atoms with Crippen LogP contribution in [0.2, 0.25) is 0 Å². The van der Waals surface area contributed by atoms with Gasteiger partial charge in [-0.3, -0.25) is 0 Å². The van der Waals surface area contributed by atoms with E-state index in [4.69, 9.17) is 5.73 Å². The maximum Gasteiger partial charge on any atom is 0.128 e. The molecule has 0 radical (unpaired) electrons. The number of hydrogen-bond acceptors (Lipinski definition) is 4. The van der Waals surface area contributed by atoms with Crippen molar-refractivity contribution in [1.29, 1.82) is 0 Å². The second kappa shape index (κ2) is 6.49. The largest absolute Gasteiger partial charge is 0.398 e. The molecule has 1 aliphatic rings. The Morgan fingerprint density at radius 2 is 2.09 bits per heavy atom. The lowest BCUT2D eigenvalue weighted by Gasteiger charge is -2.32. The van der Waals surface area contributed by atoms with Crippen LogP contribution in [0.1, 0.15) is 31.4 Å². The van der Waals surface area contributed by atoms with Gasteiger partial charge in [0, 0.05) is 43.8 Å². The number of aromatic nitrogens is 1. The summed E-state index contributed by atoms with van der Waals surface area (Å²) in [6, 6.07) is 11.0. The number of hydrogen-bond donors (Lipinski definition) is 1. The van der Waals surface area contributed by atoms with Gasteiger partial charge >= 0.3 is 0 Å². The van der Waals surface area contributed by atoms with Gasteiger partial charge in [-0.1, -0.05) is 12.1 Å². The minimum Gasteiger partial charge on any atom is -0.398 e. The van der Waals surface area contributed by atoms with Gasteiger partial charge in [0.2, 0.25) is 0 Å². The first-order chi connectivity index (χ1) is 11.1. The van der Waals surface area contributed by atoms with Crippen molar-refractivity contribution in [2.24, 2.45) is 0 Å². The normalized spacial score (nSPS) is 14.0. The van der Waals surface area contributed by atoms with E-state index in [9.17, 15) is 0 Å². The second-order valence-electron chi connectivity index (χ2n) is 6.60. The molecule has 4 nitrogen and oxygen atoms in total. The lowest BCUT2D eigenvalue weighted by molar-refractivity contribution is 0.690. The van der Waals surface area contributed by atoms with Gasteiger partial charge in [0.1, 0.15) is 5.82 Å². The van der Waals surface area contributed by atoms with E-state index in [0.717, 1.165) is 37.4 Å². The zero-order valence-corrected chi connectivity index (χ0v) is 14.3. The molecule has 0 atom stereocenters. The van der Waals surface area contributed by atoms with E-state index in [1.165, 1.54) is 16.8 Å². The number of rotatable bonds is 4. The number of pyridine rings is 1. The fraction of sp³-hybridized carbons (Fsp3) is 0.421. The van der Waals surface area contributed by atoms with Crippen molar-refractivity contribution in [1.82, 2.24) is 4.98 Å². The number of nitrogen functional groups attached to an aromatic ring is 1. The van der Waals surface area contributed by atoms with Gasteiger partial charge in [0.15, 0.2) is 0 Å². The summed E-state index contributed by atoms with van der Waals surface area (Å²) in [7, 11) is 2.08. The van der Waals surface area contributed by atoms with Gasteiger partial charge < -0.3 is 15.5 Å². The van der Waals surface area contributed by atoms with Crippen molar-refractivity contribution in [3.63, 3.8) is 0 Å². The van der Waals surface area contributed by atoms with Gasteiger partial charge in [0.05, 0.1) is 0 Å². The predicted octanol–water partition coefficient (Wildman–Crippen LogP) is 3.46. The minimum absolute atomic E-state index is 0.449. The third kappa shape index (κ3) is 3.26. The van der Waals surface area contributed by atoms with E-state index in [2.05, 4.69) is 53.9 Å². The Kier molecular flexibility index (Phi) is 4.42. The zero-order chi connectivity index (χ0) is 16.4. The predicted molar refractivity (Wildman–Crippen MR) is 98.0 cm³/mol. The lowest BCUT2D eigenvalue weighted by Crippen LogP contribution is -2.29. The van der Waals surface area contributed by atoms with Gasteiger partial charge in [0.25, 0.3) is 0 Å². The molecule has 0 aliphatic carbocycles. The molecular weight excluding hydrogens is 284 g/mol. The Labute approximate surface area is 138 Å². The van der Waals surface area contributed by atoms with Crippen molar-refractivity contribution >= 4 is 17.2 Å². The molecule has 0 fully saturated rings. The smallest absolute Gasteiger partial charge is 0.128 e. The average Bonchev–Trinajstić information content (AvgIpc) is 2.56. The summed E-state index contributed by atoms with van der Waals surface area (Å²) in [6.45, 7) is 6.30. The van der Waals surface area contributed by atoms with Crippen molar-refractivity contribution in [3.8, 4) is 0 Å². The highest BCUT2D eigenvalue weighted by Gasteiger charge is 2.18. The molecule has 0 amide bonds. The molecule has 0 saturated heterocycles. The topological polar surface area (TPSA) is 45.4 Å². The summed E-state index contributed by atoms with van der Waals surface area (Å²) in [6.07, 6.45) is 4.23. The van der Waals surface area contributed by atoms with Crippen molar-refractivity contribution in [2.45, 2.75) is 39.3 Å². The van der Waals surface area contributed by atoms with Crippen LogP contribution in [-0.2, 0) is 13.0 Å². The highest BCUT2D eigenvalue weighted by Crippen LogP contribution is 2.32. The van der Waals surface area contributed by atoms with E-state index in [1.807, 2.05) is 18.3 Å². The molecule has 1 aliphatic heterocycles. The number of nitrogens with zero attached hydrogens (tertiary/aromatic N) is 3. The van der Waals surface area contributed by atoms with Crippen LogP contribution in [-0.4, -0.2) is 24.6 Å². The summed E-state index contributed by atoms with van der Waals surface area (Å²) in [4.78, 5) is 9.21. The Hall–Kier alpha value is -2.23. The molecule has 1 aromatic heterocycles. The summed E-state index contributed by atoms with van der Waals surface area (Å²) in [5.74, 6) is 1.02. The molecule has 23 heavy (non-hydrogen) atoms. The average molecular weight is 310 g/mol. The van der Waals surface area contributed by atoms with Crippen molar-refractivity contribution in [3.05, 3.63) is 47.7 Å². The van der Waals surface area contributed by atoms with Crippen LogP contribution in [0.25, 0.3) is 0 Å². The first-order valence-corrected chi connectivity index (χ1v) is 8.36. The van der Waals surface area contributed by atoms with Crippen LogP contribution < -0.4 is 15.5 Å². The van der Waals surface area contributed by atoms with Crippen molar-refractivity contribution < 1.29 is 0 Å². The maximum absolute atomic E-state index is 6.13. The Morgan fingerprint density at radius 3 is 2.78 bits per heavy atom. The van der Waals surface area contributed by atoms with E-state index in [0.29, 0.717) is 6.04 Å². The highest BCUT2D eigenvalue weighted by molar-refractivity contribution is 5.66. The summed E-state index contributed by atoms with van der Waals surface area (Å²) in [5, 5.41) is 0. The standard InChI is InChI=1S/C19H26N4/c1-14(2)22(3)19-10-9-15(12-21-19)13-23-11-5-6-16-17(20)7-4-8-18(16)23/h4,7-10,12,14H,5-6,11,13,20H2,1-3H3. The van der Waals surface area contributed by atoms with Crippen molar-refractivity contribution in [2.75, 3.05) is 29.1 Å². The van der Waals surface area contributed by atoms with Crippen LogP contribution in [0.15, 0.2) is 36.5 Å². The first kappa shape index (κ1) is 15.7. The summed E-state index contributed by atoms with van der Waals surface area (Å²) >= 11 is 0. The summed E-state index contributed by atoms with van der Waals surface area (Å²) < 4.78 is 0. The number of anilines is 3. The zero-order valence-electron chi connectivity index (χ0n) is 14.3. The molecule has 0 bridgehead atoms. The van der Waals surface area contributed by atoms with Gasteiger partial charge in [-0.15, -0.1) is 0 Å². The fourth-order valence-electron chi connectivity index (χ4n) is 3.10. The molecule has 0 spiro atoms. The molecule has 2 heterocycles. The van der Waals surface area contributed by atoms with E-state index < -0.39 is 0 Å². The van der Waals surface area contributed by atoms with Gasteiger partial charge in [-0.25, -0.2) is 4.98 Å². The number of nitrogens with two attached hydrogens (primary N) is 1. The molecule has 3 rings (SSSR count). The fourth-order valence-corrected chi connectivity index (χ4v) is 3.10. The van der Waals surface area contributed by atoms with E-state index in [-0.39, 0.29) is 0 Å². The SMILES string of the molecule is CC(C)N(C)c1ccc(CN2CCCc3c(N)cccc32)cn1. The van der Waals surface area contributed by atoms with Crippen LogP contribution in [0.5, 0.6) is 0 Å². The maximum atomic E-state index is 6.13. The molecule has 0 saturated carbocycles. The highest BCUT2D eigenvalue weighted by atomic mass is 15.2. The van der Waals surface area contributed by atoms with Gasteiger partial charge in [-0.2, -0.15) is 0 Å². The molecule has 0 unspecified atom stereocenters. The third-order valence-corrected chi connectivity index (χ3v) is 4.70. The first-order valence-electron chi connectivity index (χ1n) is 8.36. The Balaban J connectivity index is 1.77. The Morgan fingerprint density at radius 1 is 1.26 bits per heavy atom. The van der Waals surface area contributed by atoms with E-state index in [1.54, 1.807) is 0 Å². The molecular formula is C19H26N4. The van der Waals surface area contributed by atoms with Gasteiger partial charge in [-0.05, 0) is 56.0 Å². The lowest BCUT2D eigenvalue weighted by atomic mass is 9.99. The number of benzene rings is 1. The Bertz CT molecular complexity index is 664. The molecule has 2 N–H and O–H groups in total. The molecule has 2 aromatic rings. The van der Waals surface area contributed by atoms with E-state index >= 15 is 0 Å². The van der Waals surface area contributed by atoms with Crippen LogP contribution in [0, 0.1) is 0 Å². The van der Waals surface area contributed by atoms with Crippen LogP contribution in [0.3, 0.4) is 0 Å². The number of fused-ring (bicyclic) bond motifs is 1. The molecule has 1 aromatic carbocycles. The molecule has 4 heteroatoms. The monoisotopic (exact) mass is 310 g/mol. The molecule has 122 valence electrons. The van der Waals surface area contributed by atoms with Crippen LogP contribution >= 0.6 is 0 Å². The second-order valence-corrected chi connectivity index (χ2v) is 6.60. The van der Waals surface area contributed by atoms with Crippen LogP contribution in [0.4, 0.5) is 17.2 Å². The summed E-state index contributed by atoms with van der Waals surface area (Å²) in [5.41, 5.74) is 10.9.